The predicted octanol–water partition coefficient (Wildman–Crippen LogP) is 2.32. The third-order valence-corrected chi connectivity index (χ3v) is 2.64. The van der Waals surface area contributed by atoms with Crippen molar-refractivity contribution in [1.29, 1.82) is 0 Å². The standard InChI is InChI=1S/C12H6N4O/c1-2-9-10(14-4-1)11-12(17-9)16-8-6-13-5-3-7(8)15-11/h1-6H. The van der Waals surface area contributed by atoms with Crippen LogP contribution >= 0.6 is 0 Å². The minimum absolute atomic E-state index is 0.499. The van der Waals surface area contributed by atoms with Crippen molar-refractivity contribution in [2.45, 2.75) is 0 Å². The van der Waals surface area contributed by atoms with E-state index < -0.39 is 0 Å². The Bertz CT molecular complexity index is 847. The molecule has 0 unspecified atom stereocenters. The van der Waals surface area contributed by atoms with Gasteiger partial charge in [-0.15, -0.1) is 0 Å². The second-order valence-corrected chi connectivity index (χ2v) is 3.69. The predicted molar refractivity (Wildman–Crippen MR) is 62.4 cm³/mol. The van der Waals surface area contributed by atoms with Crippen molar-refractivity contribution in [2.75, 3.05) is 0 Å². The number of pyridine rings is 2. The molecule has 0 N–H and O–H groups in total. The van der Waals surface area contributed by atoms with E-state index in [1.165, 1.54) is 0 Å². The van der Waals surface area contributed by atoms with Gasteiger partial charge < -0.3 is 4.42 Å². The van der Waals surface area contributed by atoms with Gasteiger partial charge in [-0.25, -0.2) is 9.97 Å². The minimum Gasteiger partial charge on any atom is -0.435 e. The molecular formula is C12H6N4O. The number of furan rings is 1. The molecule has 0 bridgehead atoms. The normalized spacial score (nSPS) is 11.5. The summed E-state index contributed by atoms with van der Waals surface area (Å²) >= 11 is 0. The Morgan fingerprint density at radius 3 is 2.94 bits per heavy atom. The van der Waals surface area contributed by atoms with Crippen LogP contribution in [-0.4, -0.2) is 19.9 Å². The lowest BCUT2D eigenvalue weighted by molar-refractivity contribution is 0.654. The molecule has 0 aliphatic carbocycles. The molecule has 0 spiro atoms. The van der Waals surface area contributed by atoms with Gasteiger partial charge in [0.15, 0.2) is 11.1 Å². The molecule has 0 aromatic carbocycles. The Morgan fingerprint density at radius 1 is 0.941 bits per heavy atom. The summed E-state index contributed by atoms with van der Waals surface area (Å²) in [5, 5.41) is 0. The van der Waals surface area contributed by atoms with Crippen LogP contribution in [0.25, 0.3) is 33.4 Å². The summed E-state index contributed by atoms with van der Waals surface area (Å²) in [6, 6.07) is 5.50. The number of aromatic nitrogens is 4. The van der Waals surface area contributed by atoms with Gasteiger partial charge in [0.25, 0.3) is 0 Å². The van der Waals surface area contributed by atoms with Crippen molar-refractivity contribution in [3.63, 3.8) is 0 Å². The second-order valence-electron chi connectivity index (χ2n) is 3.69. The van der Waals surface area contributed by atoms with E-state index in [2.05, 4.69) is 19.9 Å². The van der Waals surface area contributed by atoms with E-state index in [-0.39, 0.29) is 0 Å². The molecule has 17 heavy (non-hydrogen) atoms. The molecule has 0 aliphatic heterocycles. The van der Waals surface area contributed by atoms with E-state index in [9.17, 15) is 0 Å². The van der Waals surface area contributed by atoms with E-state index in [1.54, 1.807) is 18.6 Å². The van der Waals surface area contributed by atoms with Gasteiger partial charge in [0, 0.05) is 12.4 Å². The highest BCUT2D eigenvalue weighted by Crippen LogP contribution is 2.25. The molecule has 4 aromatic rings. The van der Waals surface area contributed by atoms with Crippen LogP contribution in [0.15, 0.2) is 41.2 Å². The molecule has 0 fully saturated rings. The van der Waals surface area contributed by atoms with E-state index in [0.717, 1.165) is 16.6 Å². The minimum atomic E-state index is 0.499. The molecule has 5 nitrogen and oxygen atoms in total. The van der Waals surface area contributed by atoms with Crippen molar-refractivity contribution in [2.24, 2.45) is 0 Å². The van der Waals surface area contributed by atoms with Gasteiger partial charge in [0.05, 0.1) is 11.7 Å². The maximum absolute atomic E-state index is 5.60. The summed E-state index contributed by atoms with van der Waals surface area (Å²) in [4.78, 5) is 17.2. The van der Waals surface area contributed by atoms with Gasteiger partial charge in [-0.3, -0.25) is 9.97 Å². The fraction of sp³-hybridized carbons (Fsp3) is 0. The molecular weight excluding hydrogens is 216 g/mol. The summed E-state index contributed by atoms with van der Waals surface area (Å²) < 4.78 is 5.60. The fourth-order valence-electron chi connectivity index (χ4n) is 1.87. The lowest BCUT2D eigenvalue weighted by Gasteiger charge is -1.93. The molecule has 0 atom stereocenters. The van der Waals surface area contributed by atoms with Crippen LogP contribution in [0.4, 0.5) is 0 Å². The smallest absolute Gasteiger partial charge is 0.248 e. The summed E-state index contributed by atoms with van der Waals surface area (Å²) in [5.41, 5.74) is 4.15. The Morgan fingerprint density at radius 2 is 1.94 bits per heavy atom. The zero-order chi connectivity index (χ0) is 11.2. The van der Waals surface area contributed by atoms with E-state index in [4.69, 9.17) is 4.42 Å². The van der Waals surface area contributed by atoms with Crippen LogP contribution in [0, 0.1) is 0 Å². The SMILES string of the molecule is c1cnc2c(c1)oc1nc3cnccc3nc12. The lowest BCUT2D eigenvalue weighted by Crippen LogP contribution is -1.85. The zero-order valence-electron chi connectivity index (χ0n) is 8.66. The number of hydrogen-bond acceptors (Lipinski definition) is 5. The summed E-state index contributed by atoms with van der Waals surface area (Å²) in [6.45, 7) is 0. The molecule has 0 amide bonds. The molecule has 0 aliphatic rings. The summed E-state index contributed by atoms with van der Waals surface area (Å²) in [5.74, 6) is 0. The molecule has 5 heteroatoms. The van der Waals surface area contributed by atoms with Gasteiger partial charge in [-0.05, 0) is 18.2 Å². The lowest BCUT2D eigenvalue weighted by atomic mass is 10.3. The van der Waals surface area contributed by atoms with Crippen LogP contribution < -0.4 is 0 Å². The largest absolute Gasteiger partial charge is 0.435 e. The molecule has 0 radical (unpaired) electrons. The number of fused-ring (bicyclic) bond motifs is 4. The Hall–Kier alpha value is -2.56. The highest BCUT2D eigenvalue weighted by molar-refractivity contribution is 6.00. The Labute approximate surface area is 95.1 Å². The molecule has 4 heterocycles. The first-order chi connectivity index (χ1) is 8.42. The van der Waals surface area contributed by atoms with Crippen LogP contribution in [0.5, 0.6) is 0 Å². The van der Waals surface area contributed by atoms with Crippen molar-refractivity contribution < 1.29 is 4.42 Å². The number of hydrogen-bond donors (Lipinski definition) is 0. The summed E-state index contributed by atoms with van der Waals surface area (Å²) in [7, 11) is 0. The molecule has 80 valence electrons. The summed E-state index contributed by atoms with van der Waals surface area (Å²) in [6.07, 6.45) is 5.08. The average Bonchev–Trinajstić information content (AvgIpc) is 2.73. The van der Waals surface area contributed by atoms with Crippen LogP contribution in [-0.2, 0) is 0 Å². The topological polar surface area (TPSA) is 64.7 Å². The van der Waals surface area contributed by atoms with Gasteiger partial charge in [-0.1, -0.05) is 0 Å². The van der Waals surface area contributed by atoms with Gasteiger partial charge in [0.2, 0.25) is 5.71 Å². The van der Waals surface area contributed by atoms with E-state index in [0.29, 0.717) is 16.8 Å². The number of nitrogens with zero attached hydrogens (tertiary/aromatic N) is 4. The van der Waals surface area contributed by atoms with Crippen LogP contribution in [0.1, 0.15) is 0 Å². The van der Waals surface area contributed by atoms with Crippen molar-refractivity contribution in [3.05, 3.63) is 36.8 Å². The maximum Gasteiger partial charge on any atom is 0.248 e. The Kier molecular flexibility index (Phi) is 1.50. The van der Waals surface area contributed by atoms with Crippen molar-refractivity contribution >= 4 is 33.4 Å². The van der Waals surface area contributed by atoms with Gasteiger partial charge in [-0.2, -0.15) is 0 Å². The van der Waals surface area contributed by atoms with Crippen molar-refractivity contribution in [3.8, 4) is 0 Å². The zero-order valence-corrected chi connectivity index (χ0v) is 8.66. The molecule has 4 rings (SSSR count). The third kappa shape index (κ3) is 1.13. The first kappa shape index (κ1) is 8.58. The highest BCUT2D eigenvalue weighted by atomic mass is 16.3. The third-order valence-electron chi connectivity index (χ3n) is 2.64. The van der Waals surface area contributed by atoms with Crippen LogP contribution in [0.2, 0.25) is 0 Å². The average molecular weight is 222 g/mol. The van der Waals surface area contributed by atoms with Crippen molar-refractivity contribution in [1.82, 2.24) is 19.9 Å². The number of rotatable bonds is 0. The highest BCUT2D eigenvalue weighted by Gasteiger charge is 2.11. The fourth-order valence-corrected chi connectivity index (χ4v) is 1.87. The van der Waals surface area contributed by atoms with Gasteiger partial charge in [0.1, 0.15) is 11.0 Å². The monoisotopic (exact) mass is 222 g/mol. The quantitative estimate of drug-likeness (QED) is 0.456. The molecule has 4 aromatic heterocycles. The van der Waals surface area contributed by atoms with E-state index >= 15 is 0 Å². The maximum atomic E-state index is 5.60. The van der Waals surface area contributed by atoms with Crippen LogP contribution in [0.3, 0.4) is 0 Å². The first-order valence-corrected chi connectivity index (χ1v) is 5.17. The first-order valence-electron chi connectivity index (χ1n) is 5.17. The molecule has 0 saturated heterocycles. The van der Waals surface area contributed by atoms with E-state index in [1.807, 2.05) is 18.2 Å². The second kappa shape index (κ2) is 2.98. The van der Waals surface area contributed by atoms with Gasteiger partial charge >= 0.3 is 0 Å². The Balaban J connectivity index is 2.28. The molecule has 0 saturated carbocycles.